The van der Waals surface area contributed by atoms with Crippen LogP contribution in [0.2, 0.25) is 0 Å². The van der Waals surface area contributed by atoms with E-state index >= 15 is 0 Å². The molecule has 4 aromatic carbocycles. The first-order valence-corrected chi connectivity index (χ1v) is 14.5. The normalized spacial score (nSPS) is 23.5. The maximum atomic E-state index is 12.4. The molecule has 4 aromatic rings. The number of anilines is 2. The fourth-order valence-corrected chi connectivity index (χ4v) is 6.69. The average Bonchev–Trinajstić information content (AvgIpc) is 3.04. The fourth-order valence-electron chi connectivity index (χ4n) is 6.69. The number of hydrogen-bond acceptors (Lipinski definition) is 6. The molecule has 0 saturated carbocycles. The number of nitrogens with zero attached hydrogens (tertiary/aromatic N) is 2. The predicted octanol–water partition coefficient (Wildman–Crippen LogP) is 4.68. The van der Waals surface area contributed by atoms with Gasteiger partial charge in [-0.1, -0.05) is 84.9 Å². The Morgan fingerprint density at radius 3 is 1.36 bits per heavy atom. The summed E-state index contributed by atoms with van der Waals surface area (Å²) >= 11 is 0. The number of rotatable bonds is 2. The van der Waals surface area contributed by atoms with Crippen molar-refractivity contribution in [3.05, 3.63) is 130 Å². The second kappa shape index (κ2) is 10.6. The van der Waals surface area contributed by atoms with E-state index in [2.05, 4.69) is 20.4 Å². The lowest BCUT2D eigenvalue weighted by molar-refractivity contribution is 0.0916. The molecule has 8 heteroatoms. The first-order chi connectivity index (χ1) is 20.5. The van der Waals surface area contributed by atoms with Gasteiger partial charge in [-0.15, -0.1) is 0 Å². The summed E-state index contributed by atoms with van der Waals surface area (Å²) < 4.78 is 0. The second-order valence-electron chi connectivity index (χ2n) is 11.2. The molecule has 42 heavy (non-hydrogen) atoms. The lowest BCUT2D eigenvalue weighted by Gasteiger charge is -2.44. The van der Waals surface area contributed by atoms with Crippen molar-refractivity contribution in [2.24, 2.45) is 11.5 Å². The van der Waals surface area contributed by atoms with Gasteiger partial charge in [0, 0.05) is 25.2 Å². The molecule has 4 heterocycles. The third-order valence-corrected chi connectivity index (χ3v) is 8.75. The molecule has 0 fully saturated rings. The summed E-state index contributed by atoms with van der Waals surface area (Å²) in [5.41, 5.74) is 20.3. The Balaban J connectivity index is 0.000000137. The van der Waals surface area contributed by atoms with Crippen molar-refractivity contribution in [2.45, 2.75) is 37.3 Å². The summed E-state index contributed by atoms with van der Waals surface area (Å²) in [6, 6.07) is 31.8. The minimum Gasteiger partial charge on any atom is -0.346 e. The van der Waals surface area contributed by atoms with Crippen LogP contribution in [0.15, 0.2) is 97.1 Å². The van der Waals surface area contributed by atoms with E-state index in [0.29, 0.717) is 0 Å². The molecule has 212 valence electrons. The molecule has 0 radical (unpaired) electrons. The van der Waals surface area contributed by atoms with Gasteiger partial charge in [0.15, 0.2) is 0 Å². The summed E-state index contributed by atoms with van der Waals surface area (Å²) in [6.45, 7) is 1.70. The Bertz CT molecular complexity index is 1520. The molecule has 4 aliphatic rings. The van der Waals surface area contributed by atoms with Gasteiger partial charge >= 0.3 is 0 Å². The smallest absolute Gasteiger partial charge is 0.255 e. The van der Waals surface area contributed by atoms with Crippen LogP contribution >= 0.6 is 0 Å². The first kappa shape index (κ1) is 26.3. The molecule has 0 saturated heterocycles. The van der Waals surface area contributed by atoms with E-state index in [1.165, 1.54) is 0 Å². The van der Waals surface area contributed by atoms with Gasteiger partial charge in [-0.05, 0) is 47.2 Å². The van der Waals surface area contributed by atoms with E-state index in [1.807, 2.05) is 97.1 Å². The first-order valence-electron chi connectivity index (χ1n) is 14.5. The third-order valence-electron chi connectivity index (χ3n) is 8.75. The summed E-state index contributed by atoms with van der Waals surface area (Å²) in [5.74, 6) is -0.0443. The highest BCUT2D eigenvalue weighted by molar-refractivity contribution is 6.04. The molecular formula is C34H34N6O2. The molecular weight excluding hydrogens is 524 g/mol. The molecule has 2 amide bonds. The second-order valence-corrected chi connectivity index (χ2v) is 11.2. The SMILES string of the molecule is N[C@@H]1CCN2c3c(cccc31)C(=O)N[C@H]2c1ccccc1.N[C@H]1CCN2c3c(cccc31)C(=O)N[C@@H]2c1ccccc1. The van der Waals surface area contributed by atoms with Crippen molar-refractivity contribution in [1.82, 2.24) is 10.6 Å². The van der Waals surface area contributed by atoms with Gasteiger partial charge < -0.3 is 31.9 Å². The van der Waals surface area contributed by atoms with E-state index in [0.717, 1.165) is 70.7 Å². The minimum atomic E-state index is -0.111. The van der Waals surface area contributed by atoms with Crippen LogP contribution in [-0.2, 0) is 0 Å². The Morgan fingerprint density at radius 1 is 0.548 bits per heavy atom. The number of nitrogens with one attached hydrogen (secondary N) is 2. The van der Waals surface area contributed by atoms with Crippen molar-refractivity contribution in [2.75, 3.05) is 22.9 Å². The van der Waals surface area contributed by atoms with Crippen molar-refractivity contribution in [3.8, 4) is 0 Å². The van der Waals surface area contributed by atoms with Crippen LogP contribution in [0, 0.1) is 0 Å². The molecule has 0 aliphatic carbocycles. The quantitative estimate of drug-likeness (QED) is 0.284. The molecule has 0 bridgehead atoms. The zero-order valence-electron chi connectivity index (χ0n) is 23.2. The van der Waals surface area contributed by atoms with Crippen LogP contribution in [0.4, 0.5) is 11.4 Å². The van der Waals surface area contributed by atoms with E-state index in [1.54, 1.807) is 0 Å². The molecule has 4 atom stereocenters. The fraction of sp³-hybridized carbons (Fsp3) is 0.235. The van der Waals surface area contributed by atoms with Crippen LogP contribution in [0.3, 0.4) is 0 Å². The van der Waals surface area contributed by atoms with Gasteiger partial charge in [0.25, 0.3) is 11.8 Å². The van der Waals surface area contributed by atoms with Crippen molar-refractivity contribution >= 4 is 23.2 Å². The van der Waals surface area contributed by atoms with Crippen molar-refractivity contribution < 1.29 is 9.59 Å². The van der Waals surface area contributed by atoms with Crippen LogP contribution in [0.1, 0.15) is 80.2 Å². The van der Waals surface area contributed by atoms with Crippen LogP contribution in [0.25, 0.3) is 0 Å². The Kier molecular flexibility index (Phi) is 6.64. The van der Waals surface area contributed by atoms with E-state index < -0.39 is 0 Å². The molecule has 0 aromatic heterocycles. The van der Waals surface area contributed by atoms with Gasteiger partial charge in [0.05, 0.1) is 22.5 Å². The molecule has 0 spiro atoms. The van der Waals surface area contributed by atoms with Crippen molar-refractivity contribution in [1.29, 1.82) is 0 Å². The van der Waals surface area contributed by atoms with E-state index in [9.17, 15) is 9.59 Å². The maximum Gasteiger partial charge on any atom is 0.255 e. The Labute approximate surface area is 245 Å². The zero-order chi connectivity index (χ0) is 28.8. The predicted molar refractivity (Wildman–Crippen MR) is 164 cm³/mol. The molecule has 0 unspecified atom stereocenters. The van der Waals surface area contributed by atoms with Gasteiger partial charge in [0.1, 0.15) is 12.3 Å². The standard InChI is InChI=1S/2C17H17N3O/c2*18-14-9-10-20-15-12(14)7-4-8-13(15)17(21)19-16(20)11-5-2-1-3-6-11/h2*1-8,14,16H,9-10,18H2,(H,19,21)/t2*14-,16-/m10/s1. The molecule has 6 N–H and O–H groups in total. The average molecular weight is 559 g/mol. The van der Waals surface area contributed by atoms with Gasteiger partial charge in [0.2, 0.25) is 0 Å². The van der Waals surface area contributed by atoms with E-state index in [4.69, 9.17) is 11.5 Å². The van der Waals surface area contributed by atoms with Crippen molar-refractivity contribution in [3.63, 3.8) is 0 Å². The Hall–Kier alpha value is -4.66. The molecule has 8 rings (SSSR count). The summed E-state index contributed by atoms with van der Waals surface area (Å²) in [4.78, 5) is 29.4. The lowest BCUT2D eigenvalue weighted by atomic mass is 9.90. The summed E-state index contributed by atoms with van der Waals surface area (Å²) in [6.07, 6.45) is 1.57. The van der Waals surface area contributed by atoms with Crippen LogP contribution < -0.4 is 31.9 Å². The number of benzene rings is 4. The van der Waals surface area contributed by atoms with Gasteiger partial charge in [-0.25, -0.2) is 0 Å². The number of carbonyl (C=O) groups is 2. The number of hydrogen-bond donors (Lipinski definition) is 4. The highest BCUT2D eigenvalue weighted by Crippen LogP contribution is 2.43. The number of carbonyl (C=O) groups excluding carboxylic acids is 2. The maximum absolute atomic E-state index is 12.4. The Morgan fingerprint density at radius 2 is 0.952 bits per heavy atom. The van der Waals surface area contributed by atoms with E-state index in [-0.39, 0.29) is 36.2 Å². The number of nitrogens with two attached hydrogens (primary N) is 2. The number of amides is 2. The zero-order valence-corrected chi connectivity index (χ0v) is 23.2. The molecule has 4 aliphatic heterocycles. The highest BCUT2D eigenvalue weighted by Gasteiger charge is 2.38. The summed E-state index contributed by atoms with van der Waals surface area (Å²) in [7, 11) is 0. The lowest BCUT2D eigenvalue weighted by Crippen LogP contribution is -2.49. The van der Waals surface area contributed by atoms with Crippen LogP contribution in [-0.4, -0.2) is 24.9 Å². The largest absolute Gasteiger partial charge is 0.346 e. The topological polar surface area (TPSA) is 117 Å². The van der Waals surface area contributed by atoms with Gasteiger partial charge in [-0.3, -0.25) is 9.59 Å². The summed E-state index contributed by atoms with van der Waals surface area (Å²) in [5, 5.41) is 6.22. The highest BCUT2D eigenvalue weighted by atomic mass is 16.2. The van der Waals surface area contributed by atoms with Crippen LogP contribution in [0.5, 0.6) is 0 Å². The molecule has 8 nitrogen and oxygen atoms in total. The van der Waals surface area contributed by atoms with Gasteiger partial charge in [-0.2, -0.15) is 0 Å². The minimum absolute atomic E-state index is 0.0125. The third kappa shape index (κ3) is 4.40. The number of para-hydroxylation sites is 2. The monoisotopic (exact) mass is 558 g/mol.